The van der Waals surface area contributed by atoms with Crippen molar-refractivity contribution in [2.24, 2.45) is 0 Å². The Bertz CT molecular complexity index is 646. The Balaban J connectivity index is 1.96. The first kappa shape index (κ1) is 17.6. The van der Waals surface area contributed by atoms with Gasteiger partial charge in [-0.1, -0.05) is 12.1 Å². The van der Waals surface area contributed by atoms with Gasteiger partial charge in [0.05, 0.1) is 25.3 Å². The number of nitrogens with one attached hydrogen (secondary N) is 1. The van der Waals surface area contributed by atoms with Crippen molar-refractivity contribution < 1.29 is 14.2 Å². The highest BCUT2D eigenvalue weighted by atomic mass is 79.9. The standard InChI is InChI=1S/C18H22BrNO3/c1-4-23-17-8-5-13(9-16(17)19)11-20-12-14-6-7-15(21-2)10-18(14)22-3/h5-10,20H,4,11-12H2,1-3H3. The Kier molecular flexibility index (Phi) is 6.74. The van der Waals surface area contributed by atoms with Gasteiger partial charge in [-0.2, -0.15) is 0 Å². The molecule has 0 fully saturated rings. The second-order valence-corrected chi connectivity index (χ2v) is 5.83. The largest absolute Gasteiger partial charge is 0.497 e. The third-order valence-electron chi connectivity index (χ3n) is 3.43. The summed E-state index contributed by atoms with van der Waals surface area (Å²) in [5.41, 5.74) is 2.28. The van der Waals surface area contributed by atoms with Gasteiger partial charge in [-0.05, 0) is 46.6 Å². The lowest BCUT2D eigenvalue weighted by atomic mass is 10.1. The van der Waals surface area contributed by atoms with Crippen LogP contribution in [0.3, 0.4) is 0 Å². The molecule has 0 unspecified atom stereocenters. The first-order valence-electron chi connectivity index (χ1n) is 7.50. The summed E-state index contributed by atoms with van der Waals surface area (Å²) < 4.78 is 17.1. The van der Waals surface area contributed by atoms with Crippen molar-refractivity contribution >= 4 is 15.9 Å². The lowest BCUT2D eigenvalue weighted by Crippen LogP contribution is -2.13. The molecule has 0 aliphatic carbocycles. The van der Waals surface area contributed by atoms with Crippen LogP contribution in [0.2, 0.25) is 0 Å². The van der Waals surface area contributed by atoms with E-state index < -0.39 is 0 Å². The van der Waals surface area contributed by atoms with Crippen LogP contribution in [0.15, 0.2) is 40.9 Å². The topological polar surface area (TPSA) is 39.7 Å². The van der Waals surface area contributed by atoms with Gasteiger partial charge in [-0.25, -0.2) is 0 Å². The molecule has 0 radical (unpaired) electrons. The molecule has 0 saturated carbocycles. The van der Waals surface area contributed by atoms with E-state index in [-0.39, 0.29) is 0 Å². The number of benzene rings is 2. The lowest BCUT2D eigenvalue weighted by Gasteiger charge is -2.12. The molecule has 2 aromatic rings. The number of ether oxygens (including phenoxy) is 3. The molecule has 0 spiro atoms. The lowest BCUT2D eigenvalue weighted by molar-refractivity contribution is 0.338. The molecule has 1 N–H and O–H groups in total. The van der Waals surface area contributed by atoms with Crippen molar-refractivity contribution in [1.29, 1.82) is 0 Å². The molecule has 4 nitrogen and oxygen atoms in total. The molecular weight excluding hydrogens is 358 g/mol. The molecule has 23 heavy (non-hydrogen) atoms. The van der Waals surface area contributed by atoms with Crippen LogP contribution in [0.5, 0.6) is 17.2 Å². The minimum absolute atomic E-state index is 0.660. The molecule has 0 heterocycles. The average Bonchev–Trinajstić information content (AvgIpc) is 2.57. The van der Waals surface area contributed by atoms with Gasteiger partial charge in [0.15, 0.2) is 0 Å². The molecule has 0 bridgehead atoms. The Labute approximate surface area is 145 Å². The highest BCUT2D eigenvalue weighted by Gasteiger charge is 2.06. The molecule has 0 aliphatic heterocycles. The van der Waals surface area contributed by atoms with Gasteiger partial charge in [0, 0.05) is 24.7 Å². The SMILES string of the molecule is CCOc1ccc(CNCc2ccc(OC)cc2OC)cc1Br. The third kappa shape index (κ3) is 4.88. The zero-order chi connectivity index (χ0) is 16.7. The maximum absolute atomic E-state index is 5.52. The summed E-state index contributed by atoms with van der Waals surface area (Å²) in [5.74, 6) is 2.49. The van der Waals surface area contributed by atoms with Crippen LogP contribution in [-0.2, 0) is 13.1 Å². The predicted molar refractivity (Wildman–Crippen MR) is 95.4 cm³/mol. The van der Waals surface area contributed by atoms with Crippen LogP contribution in [0.25, 0.3) is 0 Å². The van der Waals surface area contributed by atoms with Gasteiger partial charge < -0.3 is 19.5 Å². The molecule has 2 aromatic carbocycles. The minimum Gasteiger partial charge on any atom is -0.497 e. The maximum atomic E-state index is 5.52. The second kappa shape index (κ2) is 8.79. The summed E-state index contributed by atoms with van der Waals surface area (Å²) in [6.07, 6.45) is 0. The van der Waals surface area contributed by atoms with Crippen molar-refractivity contribution in [3.05, 3.63) is 52.0 Å². The Morgan fingerprint density at radius 1 is 0.957 bits per heavy atom. The van der Waals surface area contributed by atoms with E-state index >= 15 is 0 Å². The Morgan fingerprint density at radius 2 is 1.78 bits per heavy atom. The van der Waals surface area contributed by atoms with Crippen LogP contribution in [-0.4, -0.2) is 20.8 Å². The van der Waals surface area contributed by atoms with E-state index in [1.807, 2.05) is 31.2 Å². The summed E-state index contributed by atoms with van der Waals surface area (Å²) in [7, 11) is 3.32. The molecule has 2 rings (SSSR count). The summed E-state index contributed by atoms with van der Waals surface area (Å²) >= 11 is 3.54. The average molecular weight is 380 g/mol. The summed E-state index contributed by atoms with van der Waals surface area (Å²) in [6, 6.07) is 12.0. The van der Waals surface area contributed by atoms with E-state index in [4.69, 9.17) is 14.2 Å². The highest BCUT2D eigenvalue weighted by molar-refractivity contribution is 9.10. The van der Waals surface area contributed by atoms with Gasteiger partial charge in [0.1, 0.15) is 17.2 Å². The molecular formula is C18H22BrNO3. The van der Waals surface area contributed by atoms with Crippen molar-refractivity contribution in [2.45, 2.75) is 20.0 Å². The quantitative estimate of drug-likeness (QED) is 0.747. The van der Waals surface area contributed by atoms with Crippen LogP contribution in [0, 0.1) is 0 Å². The molecule has 0 amide bonds. The van der Waals surface area contributed by atoms with Gasteiger partial charge in [-0.15, -0.1) is 0 Å². The first-order valence-corrected chi connectivity index (χ1v) is 8.30. The zero-order valence-corrected chi connectivity index (χ0v) is 15.3. The molecule has 0 aliphatic rings. The summed E-state index contributed by atoms with van der Waals surface area (Å²) in [5, 5.41) is 3.43. The summed E-state index contributed by atoms with van der Waals surface area (Å²) in [4.78, 5) is 0. The van der Waals surface area contributed by atoms with Crippen molar-refractivity contribution in [2.75, 3.05) is 20.8 Å². The normalized spacial score (nSPS) is 10.4. The van der Waals surface area contributed by atoms with Crippen LogP contribution >= 0.6 is 15.9 Å². The van der Waals surface area contributed by atoms with E-state index in [1.165, 1.54) is 5.56 Å². The fourth-order valence-corrected chi connectivity index (χ4v) is 2.81. The molecule has 0 aromatic heterocycles. The predicted octanol–water partition coefficient (Wildman–Crippen LogP) is 4.15. The van der Waals surface area contributed by atoms with Gasteiger partial charge >= 0.3 is 0 Å². The van der Waals surface area contributed by atoms with Crippen LogP contribution in [0.1, 0.15) is 18.1 Å². The van der Waals surface area contributed by atoms with E-state index in [2.05, 4.69) is 33.4 Å². The monoisotopic (exact) mass is 379 g/mol. The van der Waals surface area contributed by atoms with Gasteiger partial charge in [-0.3, -0.25) is 0 Å². The molecule has 0 saturated heterocycles. The molecule has 124 valence electrons. The van der Waals surface area contributed by atoms with Crippen molar-refractivity contribution in [3.8, 4) is 17.2 Å². The zero-order valence-electron chi connectivity index (χ0n) is 13.7. The Morgan fingerprint density at radius 3 is 2.43 bits per heavy atom. The van der Waals surface area contributed by atoms with Gasteiger partial charge in [0.25, 0.3) is 0 Å². The van der Waals surface area contributed by atoms with Crippen molar-refractivity contribution in [3.63, 3.8) is 0 Å². The summed E-state index contributed by atoms with van der Waals surface area (Å²) in [6.45, 7) is 4.12. The fraction of sp³-hybridized carbons (Fsp3) is 0.333. The van der Waals surface area contributed by atoms with Crippen LogP contribution in [0.4, 0.5) is 0 Å². The van der Waals surface area contributed by atoms with E-state index in [0.717, 1.165) is 40.4 Å². The second-order valence-electron chi connectivity index (χ2n) is 4.98. The van der Waals surface area contributed by atoms with E-state index in [0.29, 0.717) is 6.61 Å². The number of methoxy groups -OCH3 is 2. The number of hydrogen-bond donors (Lipinski definition) is 1. The van der Waals surface area contributed by atoms with Crippen molar-refractivity contribution in [1.82, 2.24) is 5.32 Å². The van der Waals surface area contributed by atoms with E-state index in [9.17, 15) is 0 Å². The highest BCUT2D eigenvalue weighted by Crippen LogP contribution is 2.27. The molecule has 5 heteroatoms. The number of hydrogen-bond acceptors (Lipinski definition) is 4. The molecule has 0 atom stereocenters. The minimum atomic E-state index is 0.660. The van der Waals surface area contributed by atoms with Crippen LogP contribution < -0.4 is 19.5 Å². The number of halogens is 1. The third-order valence-corrected chi connectivity index (χ3v) is 4.05. The maximum Gasteiger partial charge on any atom is 0.133 e. The smallest absolute Gasteiger partial charge is 0.133 e. The Hall–Kier alpha value is -1.72. The first-order chi connectivity index (χ1) is 11.2. The van der Waals surface area contributed by atoms with Gasteiger partial charge in [0.2, 0.25) is 0 Å². The fourth-order valence-electron chi connectivity index (χ4n) is 2.27. The van der Waals surface area contributed by atoms with E-state index in [1.54, 1.807) is 14.2 Å². The number of rotatable bonds is 8.